The summed E-state index contributed by atoms with van der Waals surface area (Å²) in [5.74, 6) is 2.04. The van der Waals surface area contributed by atoms with Gasteiger partial charge in [0.15, 0.2) is 0 Å². The number of hydrogen-bond acceptors (Lipinski definition) is 7. The molecule has 1 aliphatic carbocycles. The molecule has 1 saturated carbocycles. The van der Waals surface area contributed by atoms with Crippen molar-refractivity contribution in [2.75, 3.05) is 24.6 Å². The van der Waals surface area contributed by atoms with Gasteiger partial charge in [-0.3, -0.25) is 0 Å². The maximum Gasteiger partial charge on any atom is 0.235 e. The number of benzene rings is 1. The number of nitrogens with zero attached hydrogens (tertiary/aromatic N) is 7. The van der Waals surface area contributed by atoms with Crippen LogP contribution >= 0.6 is 0 Å². The van der Waals surface area contributed by atoms with Crippen molar-refractivity contribution in [3.05, 3.63) is 54.2 Å². The maximum atomic E-state index is 9.32. The molecule has 0 bridgehead atoms. The minimum atomic E-state index is 0.382. The lowest BCUT2D eigenvalue weighted by molar-refractivity contribution is 0.250. The molecule has 2 aromatic heterocycles. The first-order valence-electron chi connectivity index (χ1n) is 9.91. The molecule has 1 atom stereocenters. The Morgan fingerprint density at radius 3 is 2.76 bits per heavy atom. The highest BCUT2D eigenvalue weighted by Crippen LogP contribution is 2.38. The first-order chi connectivity index (χ1) is 14.3. The van der Waals surface area contributed by atoms with Crippen LogP contribution in [0.3, 0.4) is 0 Å². The summed E-state index contributed by atoms with van der Waals surface area (Å²) in [6, 6.07) is 10.4. The van der Waals surface area contributed by atoms with Crippen LogP contribution in [0.5, 0.6) is 5.88 Å². The zero-order chi connectivity index (χ0) is 19.6. The molecule has 5 rings (SSSR count). The fraction of sp³-hybridized carbons (Fsp3) is 0.381. The van der Waals surface area contributed by atoms with Crippen LogP contribution < -0.4 is 9.64 Å². The number of hydrogen-bond donors (Lipinski definition) is 0. The molecule has 146 valence electrons. The van der Waals surface area contributed by atoms with Gasteiger partial charge in [0.1, 0.15) is 17.5 Å². The zero-order valence-electron chi connectivity index (χ0n) is 16.0. The lowest BCUT2D eigenvalue weighted by Crippen LogP contribution is -2.22. The largest absolute Gasteiger partial charge is 0.476 e. The number of aromatic nitrogens is 5. The summed E-state index contributed by atoms with van der Waals surface area (Å²) in [7, 11) is 0. The van der Waals surface area contributed by atoms with Crippen molar-refractivity contribution in [2.24, 2.45) is 5.92 Å². The molecule has 1 aliphatic heterocycles. The molecule has 2 aliphatic rings. The number of ether oxygens (including phenoxy) is 1. The van der Waals surface area contributed by atoms with Crippen LogP contribution in [0.1, 0.15) is 36.6 Å². The van der Waals surface area contributed by atoms with Gasteiger partial charge in [0.05, 0.1) is 30.9 Å². The predicted molar refractivity (Wildman–Crippen MR) is 106 cm³/mol. The quantitative estimate of drug-likeness (QED) is 0.642. The van der Waals surface area contributed by atoms with Gasteiger partial charge in [0.25, 0.3) is 0 Å². The second kappa shape index (κ2) is 7.51. The van der Waals surface area contributed by atoms with Gasteiger partial charge in [-0.1, -0.05) is 6.07 Å². The topological polar surface area (TPSA) is 92.8 Å². The number of anilines is 1. The van der Waals surface area contributed by atoms with Crippen molar-refractivity contribution in [3.8, 4) is 17.6 Å². The van der Waals surface area contributed by atoms with Gasteiger partial charge in [-0.25, -0.2) is 4.98 Å². The molecule has 2 fully saturated rings. The molecule has 3 aromatic rings. The van der Waals surface area contributed by atoms with E-state index in [4.69, 9.17) is 4.74 Å². The Bertz CT molecular complexity index is 1040. The molecule has 29 heavy (non-hydrogen) atoms. The van der Waals surface area contributed by atoms with Crippen LogP contribution in [-0.2, 0) is 0 Å². The Labute approximate surface area is 168 Å². The highest BCUT2D eigenvalue weighted by Gasteiger charge is 2.28. The SMILES string of the molecule is N#Cc1cnc(C2CC2)nc1OC[C@H]1CCN(c2cccc(-n3nccn3)c2)C1. The Kier molecular flexibility index (Phi) is 4.56. The summed E-state index contributed by atoms with van der Waals surface area (Å²) in [4.78, 5) is 12.8. The summed E-state index contributed by atoms with van der Waals surface area (Å²) in [6.45, 7) is 2.41. The molecular weight excluding hydrogens is 366 g/mol. The third-order valence-electron chi connectivity index (χ3n) is 5.42. The second-order valence-electron chi connectivity index (χ2n) is 7.58. The van der Waals surface area contributed by atoms with Gasteiger partial charge in [0.2, 0.25) is 5.88 Å². The minimum absolute atomic E-state index is 0.382. The minimum Gasteiger partial charge on any atom is -0.476 e. The number of nitriles is 1. The normalized spacial score (nSPS) is 18.6. The van der Waals surface area contributed by atoms with E-state index in [0.717, 1.165) is 49.6 Å². The lowest BCUT2D eigenvalue weighted by Gasteiger charge is -2.19. The molecule has 3 heterocycles. The Morgan fingerprint density at radius 1 is 1.14 bits per heavy atom. The standard InChI is InChI=1S/C21H21N7O/c22-11-17-12-23-20(16-4-5-16)26-21(17)29-14-15-6-9-27(13-15)18-2-1-3-19(10-18)28-24-7-8-25-28/h1-3,7-8,10,12,15-16H,4-6,9,13-14H2/t15-/m0/s1. The second-order valence-corrected chi connectivity index (χ2v) is 7.58. The van der Waals surface area contributed by atoms with E-state index in [1.165, 1.54) is 0 Å². The molecule has 8 nitrogen and oxygen atoms in total. The molecule has 0 N–H and O–H groups in total. The Hall–Kier alpha value is -3.47. The van der Waals surface area contributed by atoms with E-state index in [2.05, 4.69) is 43.3 Å². The molecule has 1 saturated heterocycles. The lowest BCUT2D eigenvalue weighted by atomic mass is 10.1. The first-order valence-corrected chi connectivity index (χ1v) is 9.91. The molecule has 0 spiro atoms. The van der Waals surface area contributed by atoms with E-state index >= 15 is 0 Å². The van der Waals surface area contributed by atoms with Gasteiger partial charge in [-0.2, -0.15) is 25.2 Å². The fourth-order valence-corrected chi connectivity index (χ4v) is 3.67. The van der Waals surface area contributed by atoms with Crippen molar-refractivity contribution in [2.45, 2.75) is 25.2 Å². The summed E-state index contributed by atoms with van der Waals surface area (Å²) in [5.41, 5.74) is 2.50. The van der Waals surface area contributed by atoms with Crippen molar-refractivity contribution in [1.82, 2.24) is 25.0 Å². The van der Waals surface area contributed by atoms with E-state index < -0.39 is 0 Å². The van der Waals surface area contributed by atoms with Gasteiger partial charge < -0.3 is 9.64 Å². The molecule has 1 aromatic carbocycles. The van der Waals surface area contributed by atoms with Gasteiger partial charge in [-0.15, -0.1) is 0 Å². The summed E-state index contributed by atoms with van der Waals surface area (Å²) >= 11 is 0. The summed E-state index contributed by atoms with van der Waals surface area (Å²) < 4.78 is 5.97. The predicted octanol–water partition coefficient (Wildman–Crippen LogP) is 2.71. The summed E-state index contributed by atoms with van der Waals surface area (Å²) in [5, 5.41) is 17.7. The summed E-state index contributed by atoms with van der Waals surface area (Å²) in [6.07, 6.45) is 8.21. The monoisotopic (exact) mass is 387 g/mol. The highest BCUT2D eigenvalue weighted by atomic mass is 16.5. The van der Waals surface area contributed by atoms with Crippen LogP contribution in [0, 0.1) is 17.2 Å². The van der Waals surface area contributed by atoms with E-state index in [9.17, 15) is 5.26 Å². The van der Waals surface area contributed by atoms with E-state index in [1.807, 2.05) is 12.1 Å². The average Bonchev–Trinajstić information content (AvgIpc) is 3.26. The molecular formula is C21H21N7O. The van der Waals surface area contributed by atoms with Crippen LogP contribution in [0.4, 0.5) is 5.69 Å². The first kappa shape index (κ1) is 17.6. The Morgan fingerprint density at radius 2 is 1.97 bits per heavy atom. The van der Waals surface area contributed by atoms with Crippen molar-refractivity contribution in [3.63, 3.8) is 0 Å². The molecule has 8 heteroatoms. The van der Waals surface area contributed by atoms with Crippen LogP contribution in [0.2, 0.25) is 0 Å². The van der Waals surface area contributed by atoms with Gasteiger partial charge >= 0.3 is 0 Å². The van der Waals surface area contributed by atoms with Crippen LogP contribution in [0.15, 0.2) is 42.9 Å². The zero-order valence-corrected chi connectivity index (χ0v) is 16.0. The number of rotatable bonds is 6. The van der Waals surface area contributed by atoms with Gasteiger partial charge in [0, 0.05) is 30.6 Å². The van der Waals surface area contributed by atoms with E-state index in [1.54, 1.807) is 23.4 Å². The molecule has 0 amide bonds. The van der Waals surface area contributed by atoms with Crippen molar-refractivity contribution < 1.29 is 4.74 Å². The van der Waals surface area contributed by atoms with Crippen molar-refractivity contribution >= 4 is 5.69 Å². The van der Waals surface area contributed by atoms with Crippen LogP contribution in [-0.4, -0.2) is 44.7 Å². The van der Waals surface area contributed by atoms with Crippen molar-refractivity contribution in [1.29, 1.82) is 5.26 Å². The van der Waals surface area contributed by atoms with Crippen LogP contribution in [0.25, 0.3) is 5.69 Å². The third-order valence-corrected chi connectivity index (χ3v) is 5.42. The maximum absolute atomic E-state index is 9.32. The van der Waals surface area contributed by atoms with E-state index in [-0.39, 0.29) is 0 Å². The van der Waals surface area contributed by atoms with Gasteiger partial charge in [-0.05, 0) is 37.5 Å². The van der Waals surface area contributed by atoms with E-state index in [0.29, 0.717) is 29.9 Å². The molecule has 0 radical (unpaired) electrons. The Balaban J connectivity index is 1.24. The molecule has 0 unspecified atom stereocenters. The highest BCUT2D eigenvalue weighted by molar-refractivity contribution is 5.53. The average molecular weight is 387 g/mol. The fourth-order valence-electron chi connectivity index (χ4n) is 3.67. The smallest absolute Gasteiger partial charge is 0.235 e. The third kappa shape index (κ3) is 3.76.